The normalized spacial score (nSPS) is 17.8. The van der Waals surface area contributed by atoms with Gasteiger partial charge in [-0.1, -0.05) is 0 Å². The van der Waals surface area contributed by atoms with Gasteiger partial charge >= 0.3 is 6.18 Å². The summed E-state index contributed by atoms with van der Waals surface area (Å²) in [6, 6.07) is 0.907. The fourth-order valence-electron chi connectivity index (χ4n) is 2.19. The highest BCUT2D eigenvalue weighted by Crippen LogP contribution is 2.29. The van der Waals surface area contributed by atoms with Crippen LogP contribution in [0.15, 0.2) is 12.3 Å². The standard InChI is InChI=1S/C12H16F3N3S/c1-19-8-9-3-6-18(7-4-9)11-16-5-2-10(17-11)12(13,14)15/h2,5,9H,3-4,6-8H2,1H3. The van der Waals surface area contributed by atoms with Crippen LogP contribution >= 0.6 is 11.8 Å². The largest absolute Gasteiger partial charge is 0.433 e. The lowest BCUT2D eigenvalue weighted by Gasteiger charge is -2.31. The third-order valence-corrected chi connectivity index (χ3v) is 4.04. The first-order valence-corrected chi connectivity index (χ1v) is 7.54. The van der Waals surface area contributed by atoms with Gasteiger partial charge in [0, 0.05) is 19.3 Å². The van der Waals surface area contributed by atoms with Crippen LogP contribution in [0.2, 0.25) is 0 Å². The van der Waals surface area contributed by atoms with Crippen LogP contribution in [0.4, 0.5) is 19.1 Å². The minimum atomic E-state index is -4.41. The van der Waals surface area contributed by atoms with Crippen LogP contribution in [0.3, 0.4) is 0 Å². The number of rotatable bonds is 3. The molecule has 0 bridgehead atoms. The van der Waals surface area contributed by atoms with Gasteiger partial charge in [-0.2, -0.15) is 24.9 Å². The lowest BCUT2D eigenvalue weighted by molar-refractivity contribution is -0.141. The number of hydrogen-bond donors (Lipinski definition) is 0. The number of thioether (sulfide) groups is 1. The molecular weight excluding hydrogens is 275 g/mol. The van der Waals surface area contributed by atoms with Gasteiger partial charge in [-0.25, -0.2) is 9.97 Å². The van der Waals surface area contributed by atoms with Crippen LogP contribution in [0.1, 0.15) is 18.5 Å². The number of aromatic nitrogens is 2. The third-order valence-electron chi connectivity index (χ3n) is 3.23. The molecule has 1 fully saturated rings. The highest BCUT2D eigenvalue weighted by atomic mass is 32.2. The second-order valence-electron chi connectivity index (χ2n) is 4.63. The summed E-state index contributed by atoms with van der Waals surface area (Å²) >= 11 is 1.81. The summed E-state index contributed by atoms with van der Waals surface area (Å²) in [5.74, 6) is 1.95. The Morgan fingerprint density at radius 3 is 2.63 bits per heavy atom. The van der Waals surface area contributed by atoms with E-state index in [1.165, 1.54) is 6.20 Å². The number of nitrogens with zero attached hydrogens (tertiary/aromatic N) is 3. The van der Waals surface area contributed by atoms with Crippen molar-refractivity contribution in [3.8, 4) is 0 Å². The second-order valence-corrected chi connectivity index (χ2v) is 5.54. The molecule has 0 atom stereocenters. The topological polar surface area (TPSA) is 29.0 Å². The second kappa shape index (κ2) is 5.98. The first-order valence-electron chi connectivity index (χ1n) is 6.15. The summed E-state index contributed by atoms with van der Waals surface area (Å²) in [5, 5.41) is 0. The number of halogens is 3. The fourth-order valence-corrected chi connectivity index (χ4v) is 3.00. The van der Waals surface area contributed by atoms with Gasteiger partial charge in [0.15, 0.2) is 0 Å². The summed E-state index contributed by atoms with van der Waals surface area (Å²) in [5.41, 5.74) is -0.872. The maximum Gasteiger partial charge on any atom is 0.433 e. The minimum Gasteiger partial charge on any atom is -0.341 e. The van der Waals surface area contributed by atoms with Crippen LogP contribution in [0.25, 0.3) is 0 Å². The van der Waals surface area contributed by atoms with E-state index in [4.69, 9.17) is 0 Å². The molecule has 0 spiro atoms. The highest BCUT2D eigenvalue weighted by molar-refractivity contribution is 7.98. The lowest BCUT2D eigenvalue weighted by Crippen LogP contribution is -2.35. The molecule has 0 saturated carbocycles. The van der Waals surface area contributed by atoms with E-state index in [0.29, 0.717) is 5.92 Å². The van der Waals surface area contributed by atoms with Gasteiger partial charge in [0.1, 0.15) is 5.69 Å². The first-order chi connectivity index (χ1) is 9.00. The predicted octanol–water partition coefficient (Wildman–Crippen LogP) is 3.07. The Morgan fingerprint density at radius 1 is 1.37 bits per heavy atom. The van der Waals surface area contributed by atoms with E-state index in [1.807, 2.05) is 16.7 Å². The highest BCUT2D eigenvalue weighted by Gasteiger charge is 2.33. The summed E-state index contributed by atoms with van der Waals surface area (Å²) in [4.78, 5) is 9.42. The lowest BCUT2D eigenvalue weighted by atomic mass is 9.99. The number of alkyl halides is 3. The minimum absolute atomic E-state index is 0.192. The maximum atomic E-state index is 12.6. The van der Waals surface area contributed by atoms with Gasteiger partial charge in [0.25, 0.3) is 0 Å². The molecule has 7 heteroatoms. The van der Waals surface area contributed by atoms with Crippen LogP contribution in [-0.4, -0.2) is 35.1 Å². The van der Waals surface area contributed by atoms with Gasteiger partial charge in [-0.05, 0) is 36.8 Å². The molecule has 19 heavy (non-hydrogen) atoms. The molecule has 3 nitrogen and oxygen atoms in total. The molecule has 0 aliphatic carbocycles. The van der Waals surface area contributed by atoms with Gasteiger partial charge in [0.2, 0.25) is 5.95 Å². The van der Waals surface area contributed by atoms with Crippen molar-refractivity contribution in [2.24, 2.45) is 5.92 Å². The molecule has 1 saturated heterocycles. The third kappa shape index (κ3) is 3.75. The molecule has 106 valence electrons. The molecule has 2 rings (SSSR count). The molecular formula is C12H16F3N3S. The number of hydrogen-bond acceptors (Lipinski definition) is 4. The summed E-state index contributed by atoms with van der Waals surface area (Å²) in [6.45, 7) is 1.46. The van der Waals surface area contributed by atoms with Gasteiger partial charge in [-0.15, -0.1) is 0 Å². The first kappa shape index (κ1) is 14.4. The van der Waals surface area contributed by atoms with Gasteiger partial charge in [0.05, 0.1) is 0 Å². The van der Waals surface area contributed by atoms with Crippen molar-refractivity contribution in [2.45, 2.75) is 19.0 Å². The molecule has 0 radical (unpaired) electrons. The Morgan fingerprint density at radius 2 is 2.05 bits per heavy atom. The van der Waals surface area contributed by atoms with E-state index >= 15 is 0 Å². The molecule has 1 aromatic rings. The van der Waals surface area contributed by atoms with E-state index in [0.717, 1.165) is 37.8 Å². The summed E-state index contributed by atoms with van der Waals surface area (Å²) < 4.78 is 37.8. The molecule has 0 amide bonds. The van der Waals surface area contributed by atoms with E-state index in [2.05, 4.69) is 16.2 Å². The van der Waals surface area contributed by atoms with Crippen molar-refractivity contribution in [3.63, 3.8) is 0 Å². The van der Waals surface area contributed by atoms with E-state index < -0.39 is 11.9 Å². The fraction of sp³-hybridized carbons (Fsp3) is 0.667. The molecule has 1 aliphatic heterocycles. The van der Waals surface area contributed by atoms with Crippen molar-refractivity contribution in [1.29, 1.82) is 0 Å². The Hall–Kier alpha value is -0.980. The van der Waals surface area contributed by atoms with Crippen LogP contribution in [-0.2, 0) is 6.18 Å². The SMILES string of the molecule is CSCC1CCN(c2nccc(C(F)(F)F)n2)CC1. The molecule has 0 aromatic carbocycles. The van der Waals surface area contributed by atoms with Crippen molar-refractivity contribution in [3.05, 3.63) is 18.0 Å². The zero-order valence-corrected chi connectivity index (χ0v) is 11.5. The quantitative estimate of drug-likeness (QED) is 0.856. The van der Waals surface area contributed by atoms with Crippen LogP contribution in [0.5, 0.6) is 0 Å². The Bertz CT molecular complexity index is 417. The van der Waals surface area contributed by atoms with Crippen molar-refractivity contribution < 1.29 is 13.2 Å². The van der Waals surface area contributed by atoms with Crippen LogP contribution in [0, 0.1) is 5.92 Å². The molecule has 2 heterocycles. The Labute approximate surface area is 114 Å². The summed E-state index contributed by atoms with van der Waals surface area (Å²) in [6.07, 6.45) is 0.817. The van der Waals surface area contributed by atoms with Crippen molar-refractivity contribution >= 4 is 17.7 Å². The maximum absolute atomic E-state index is 12.6. The average Bonchev–Trinajstić information content (AvgIpc) is 2.39. The van der Waals surface area contributed by atoms with Crippen molar-refractivity contribution in [2.75, 3.05) is 30.0 Å². The van der Waals surface area contributed by atoms with Crippen LogP contribution < -0.4 is 4.90 Å². The number of anilines is 1. The van der Waals surface area contributed by atoms with E-state index in [-0.39, 0.29) is 5.95 Å². The Kier molecular flexibility index (Phi) is 4.54. The predicted molar refractivity (Wildman–Crippen MR) is 70.4 cm³/mol. The molecule has 0 N–H and O–H groups in total. The zero-order valence-electron chi connectivity index (χ0n) is 10.7. The van der Waals surface area contributed by atoms with E-state index in [1.54, 1.807) is 0 Å². The van der Waals surface area contributed by atoms with Gasteiger partial charge in [-0.3, -0.25) is 0 Å². The van der Waals surface area contributed by atoms with Gasteiger partial charge < -0.3 is 4.90 Å². The Balaban J connectivity index is 2.03. The number of piperidine rings is 1. The molecule has 1 aliphatic rings. The molecule has 0 unspecified atom stereocenters. The van der Waals surface area contributed by atoms with E-state index in [9.17, 15) is 13.2 Å². The zero-order chi connectivity index (χ0) is 13.9. The monoisotopic (exact) mass is 291 g/mol. The van der Waals surface area contributed by atoms with Crippen molar-refractivity contribution in [1.82, 2.24) is 9.97 Å². The smallest absolute Gasteiger partial charge is 0.341 e. The average molecular weight is 291 g/mol. The summed E-state index contributed by atoms with van der Waals surface area (Å²) in [7, 11) is 0. The molecule has 1 aromatic heterocycles.